The lowest BCUT2D eigenvalue weighted by molar-refractivity contribution is -0.122. The molecule has 0 bridgehead atoms. The van der Waals surface area contributed by atoms with Crippen LogP contribution in [0.1, 0.15) is 52.9 Å². The molecule has 0 fully saturated rings. The highest BCUT2D eigenvalue weighted by Gasteiger charge is 2.10. The van der Waals surface area contributed by atoms with E-state index in [2.05, 4.69) is 17.6 Å². The van der Waals surface area contributed by atoms with Crippen LogP contribution in [0.2, 0.25) is 0 Å². The largest absolute Gasteiger partial charge is 0.393 e. The number of carbonyl (C=O) groups is 1. The summed E-state index contributed by atoms with van der Waals surface area (Å²) >= 11 is 0. The first kappa shape index (κ1) is 16.4. The molecule has 0 saturated heterocycles. The Morgan fingerprint density at radius 2 is 1.88 bits per heavy atom. The van der Waals surface area contributed by atoms with Gasteiger partial charge in [-0.2, -0.15) is 0 Å². The summed E-state index contributed by atoms with van der Waals surface area (Å²) < 4.78 is 0. The highest BCUT2D eigenvalue weighted by Crippen LogP contribution is 1.95. The standard InChI is InChI=1S/C13H28N2O2/c1-4-5-6-9-15-13(17)12(3)14-10-7-8-11(2)16/h11-12,14,16H,4-10H2,1-3H3,(H,15,17). The molecule has 0 aromatic heterocycles. The molecule has 0 rings (SSSR count). The van der Waals surface area contributed by atoms with E-state index in [1.54, 1.807) is 6.92 Å². The SMILES string of the molecule is CCCCCNC(=O)C(C)NCCCC(C)O. The molecule has 0 aromatic carbocycles. The normalized spacial score (nSPS) is 14.4. The molecule has 2 atom stereocenters. The zero-order chi connectivity index (χ0) is 13.1. The van der Waals surface area contributed by atoms with Crippen molar-refractivity contribution in [1.82, 2.24) is 10.6 Å². The van der Waals surface area contributed by atoms with Crippen molar-refractivity contribution >= 4 is 5.91 Å². The van der Waals surface area contributed by atoms with Crippen LogP contribution in [0.4, 0.5) is 0 Å². The fourth-order valence-electron chi connectivity index (χ4n) is 1.55. The molecule has 4 heteroatoms. The van der Waals surface area contributed by atoms with Crippen LogP contribution in [0.3, 0.4) is 0 Å². The summed E-state index contributed by atoms with van der Waals surface area (Å²) in [6, 6.07) is -0.148. The van der Waals surface area contributed by atoms with Crippen LogP contribution in [0.5, 0.6) is 0 Å². The first-order valence-corrected chi connectivity index (χ1v) is 6.77. The van der Waals surface area contributed by atoms with Crippen LogP contribution in [-0.2, 0) is 4.79 Å². The minimum Gasteiger partial charge on any atom is -0.393 e. The lowest BCUT2D eigenvalue weighted by atomic mass is 10.2. The van der Waals surface area contributed by atoms with Crippen LogP contribution in [0.15, 0.2) is 0 Å². The van der Waals surface area contributed by atoms with Crippen molar-refractivity contribution in [3.8, 4) is 0 Å². The molecule has 0 spiro atoms. The van der Waals surface area contributed by atoms with Gasteiger partial charge in [0.1, 0.15) is 0 Å². The van der Waals surface area contributed by atoms with Crippen molar-refractivity contribution in [3.63, 3.8) is 0 Å². The van der Waals surface area contributed by atoms with Gasteiger partial charge in [-0.05, 0) is 39.7 Å². The van der Waals surface area contributed by atoms with E-state index in [0.717, 1.165) is 38.8 Å². The molecule has 0 aromatic rings. The van der Waals surface area contributed by atoms with Gasteiger partial charge >= 0.3 is 0 Å². The summed E-state index contributed by atoms with van der Waals surface area (Å²) in [4.78, 5) is 11.6. The van der Waals surface area contributed by atoms with Crippen LogP contribution >= 0.6 is 0 Å². The molecule has 102 valence electrons. The second kappa shape index (κ2) is 10.5. The summed E-state index contributed by atoms with van der Waals surface area (Å²) in [6.07, 6.45) is 4.80. The van der Waals surface area contributed by atoms with E-state index in [4.69, 9.17) is 5.11 Å². The zero-order valence-electron chi connectivity index (χ0n) is 11.5. The Hall–Kier alpha value is -0.610. The van der Waals surface area contributed by atoms with Gasteiger partial charge in [-0.3, -0.25) is 4.79 Å². The molecule has 0 heterocycles. The number of rotatable bonds is 10. The maximum atomic E-state index is 11.6. The summed E-state index contributed by atoms with van der Waals surface area (Å²) in [7, 11) is 0. The van der Waals surface area contributed by atoms with Gasteiger partial charge in [0.15, 0.2) is 0 Å². The number of nitrogens with one attached hydrogen (secondary N) is 2. The smallest absolute Gasteiger partial charge is 0.236 e. The third-order valence-corrected chi connectivity index (χ3v) is 2.72. The summed E-state index contributed by atoms with van der Waals surface area (Å²) in [5.41, 5.74) is 0. The highest BCUT2D eigenvalue weighted by atomic mass is 16.3. The van der Waals surface area contributed by atoms with Gasteiger partial charge in [0.25, 0.3) is 0 Å². The number of aliphatic hydroxyl groups is 1. The Balaban J connectivity index is 3.47. The number of aliphatic hydroxyl groups excluding tert-OH is 1. The van der Waals surface area contributed by atoms with Crippen LogP contribution in [0, 0.1) is 0 Å². The Morgan fingerprint density at radius 1 is 1.18 bits per heavy atom. The minimum absolute atomic E-state index is 0.0677. The van der Waals surface area contributed by atoms with E-state index in [-0.39, 0.29) is 18.1 Å². The van der Waals surface area contributed by atoms with Crippen molar-refractivity contribution in [2.75, 3.05) is 13.1 Å². The van der Waals surface area contributed by atoms with Crippen molar-refractivity contribution in [3.05, 3.63) is 0 Å². The van der Waals surface area contributed by atoms with Gasteiger partial charge < -0.3 is 15.7 Å². The predicted octanol–water partition coefficient (Wildman–Crippen LogP) is 1.43. The number of hydrogen-bond acceptors (Lipinski definition) is 3. The van der Waals surface area contributed by atoms with Gasteiger partial charge in [0.2, 0.25) is 5.91 Å². The molecule has 0 aliphatic carbocycles. The Labute approximate surface area is 105 Å². The molecule has 0 radical (unpaired) electrons. The predicted molar refractivity (Wildman–Crippen MR) is 70.9 cm³/mol. The number of amides is 1. The van der Waals surface area contributed by atoms with Crippen LogP contribution in [-0.4, -0.2) is 36.2 Å². The molecule has 0 aliphatic heterocycles. The van der Waals surface area contributed by atoms with Crippen molar-refractivity contribution < 1.29 is 9.90 Å². The summed E-state index contributed by atoms with van der Waals surface area (Å²) in [5.74, 6) is 0.0677. The van der Waals surface area contributed by atoms with E-state index in [1.165, 1.54) is 6.42 Å². The van der Waals surface area contributed by atoms with Gasteiger partial charge in [-0.25, -0.2) is 0 Å². The maximum Gasteiger partial charge on any atom is 0.236 e. The van der Waals surface area contributed by atoms with Crippen LogP contribution in [0.25, 0.3) is 0 Å². The molecule has 3 N–H and O–H groups in total. The monoisotopic (exact) mass is 244 g/mol. The van der Waals surface area contributed by atoms with Crippen molar-refractivity contribution in [1.29, 1.82) is 0 Å². The van der Waals surface area contributed by atoms with Gasteiger partial charge in [0, 0.05) is 6.54 Å². The average molecular weight is 244 g/mol. The molecular formula is C13H28N2O2. The topological polar surface area (TPSA) is 61.4 Å². The first-order chi connectivity index (χ1) is 8.07. The van der Waals surface area contributed by atoms with E-state index in [9.17, 15) is 4.79 Å². The van der Waals surface area contributed by atoms with E-state index < -0.39 is 0 Å². The van der Waals surface area contributed by atoms with Crippen LogP contribution < -0.4 is 10.6 Å². The minimum atomic E-state index is -0.255. The van der Waals surface area contributed by atoms with Gasteiger partial charge in [0.05, 0.1) is 12.1 Å². The third-order valence-electron chi connectivity index (χ3n) is 2.72. The highest BCUT2D eigenvalue weighted by molar-refractivity contribution is 5.81. The number of carbonyl (C=O) groups excluding carboxylic acids is 1. The van der Waals surface area contributed by atoms with Gasteiger partial charge in [-0.1, -0.05) is 19.8 Å². The lowest BCUT2D eigenvalue weighted by Crippen LogP contribution is -2.42. The average Bonchev–Trinajstić information content (AvgIpc) is 2.29. The Morgan fingerprint density at radius 3 is 2.47 bits per heavy atom. The van der Waals surface area contributed by atoms with E-state index in [1.807, 2.05) is 6.92 Å². The van der Waals surface area contributed by atoms with Crippen molar-refractivity contribution in [2.24, 2.45) is 0 Å². The van der Waals surface area contributed by atoms with E-state index in [0.29, 0.717) is 0 Å². The first-order valence-electron chi connectivity index (χ1n) is 6.77. The summed E-state index contributed by atoms with van der Waals surface area (Å²) in [5, 5.41) is 15.2. The van der Waals surface area contributed by atoms with Gasteiger partial charge in [-0.15, -0.1) is 0 Å². The second-order valence-electron chi connectivity index (χ2n) is 4.67. The molecule has 0 aliphatic rings. The molecule has 0 saturated carbocycles. The fourth-order valence-corrected chi connectivity index (χ4v) is 1.55. The lowest BCUT2D eigenvalue weighted by Gasteiger charge is -2.14. The Bertz CT molecular complexity index is 196. The molecule has 17 heavy (non-hydrogen) atoms. The molecule has 1 amide bonds. The quantitative estimate of drug-likeness (QED) is 0.510. The molecule has 4 nitrogen and oxygen atoms in total. The molecule has 2 unspecified atom stereocenters. The maximum absolute atomic E-state index is 11.6. The fraction of sp³-hybridized carbons (Fsp3) is 0.923. The number of hydrogen-bond donors (Lipinski definition) is 3. The van der Waals surface area contributed by atoms with Crippen molar-refractivity contribution in [2.45, 2.75) is 65.0 Å². The Kier molecular flexibility index (Phi) is 10.2. The van der Waals surface area contributed by atoms with E-state index >= 15 is 0 Å². The second-order valence-corrected chi connectivity index (χ2v) is 4.67. The summed E-state index contributed by atoms with van der Waals surface area (Å²) in [6.45, 7) is 7.34. The zero-order valence-corrected chi connectivity index (χ0v) is 11.5. The molecular weight excluding hydrogens is 216 g/mol. The third kappa shape index (κ3) is 10.3. The number of unbranched alkanes of at least 4 members (excludes halogenated alkanes) is 2.